The maximum absolute atomic E-state index is 12.9. The van der Waals surface area contributed by atoms with Crippen molar-refractivity contribution >= 4 is 78.3 Å². The Labute approximate surface area is 423 Å². The monoisotopic (exact) mass is 1020 g/mol. The summed E-state index contributed by atoms with van der Waals surface area (Å²) < 4.78 is 58.6. The van der Waals surface area contributed by atoms with Crippen LogP contribution in [0.4, 0.5) is 0 Å². The van der Waals surface area contributed by atoms with Crippen molar-refractivity contribution in [3.8, 4) is 11.5 Å². The molecule has 6 rings (SSSR count). The maximum Gasteiger partial charge on any atom is 1.00 e. The number of ether oxygens (including phenoxy) is 1. The average molecular weight is 1030 g/mol. The van der Waals surface area contributed by atoms with Gasteiger partial charge in [0.15, 0.2) is 0 Å². The number of sulfonamides is 2. The van der Waals surface area contributed by atoms with Crippen molar-refractivity contribution in [1.82, 2.24) is 29.2 Å². The summed E-state index contributed by atoms with van der Waals surface area (Å²) in [4.78, 5) is 34.5. The Kier molecular flexibility index (Phi) is 21.8. The number of rotatable bonds is 15. The summed E-state index contributed by atoms with van der Waals surface area (Å²) in [6.45, 7) is 5.39. The van der Waals surface area contributed by atoms with Crippen LogP contribution in [0.5, 0.6) is 11.5 Å². The van der Waals surface area contributed by atoms with Gasteiger partial charge in [0.05, 0.1) is 51.2 Å². The smallest absolute Gasteiger partial charge is 0.870 e. The summed E-state index contributed by atoms with van der Waals surface area (Å²) in [5, 5.41) is 17.7. The molecule has 2 aliphatic heterocycles. The van der Waals surface area contributed by atoms with Gasteiger partial charge in [-0.15, -0.1) is 0 Å². The molecular formula is C43H53Cl4N6NaO9S2. The van der Waals surface area contributed by atoms with E-state index in [1.54, 1.807) is 62.0 Å². The third-order valence-electron chi connectivity index (χ3n) is 11.4. The number of benzene rings is 2. The van der Waals surface area contributed by atoms with Gasteiger partial charge >= 0.3 is 29.6 Å². The summed E-state index contributed by atoms with van der Waals surface area (Å²) >= 11 is 24.2. The first-order valence-electron chi connectivity index (χ1n) is 20.5. The molecule has 2 aromatic heterocycles. The van der Waals surface area contributed by atoms with Crippen LogP contribution in [0.1, 0.15) is 84.5 Å². The van der Waals surface area contributed by atoms with Crippen molar-refractivity contribution in [2.45, 2.75) is 63.2 Å². The van der Waals surface area contributed by atoms with Crippen molar-refractivity contribution in [2.24, 2.45) is 0 Å². The molecule has 0 bridgehead atoms. The van der Waals surface area contributed by atoms with Gasteiger partial charge in [-0.25, -0.2) is 25.4 Å². The second-order valence-corrected chi connectivity index (χ2v) is 21.4. The van der Waals surface area contributed by atoms with Gasteiger partial charge in [-0.1, -0.05) is 60.3 Å². The van der Waals surface area contributed by atoms with Crippen LogP contribution in [0.2, 0.25) is 20.1 Å². The minimum atomic E-state index is -3.33. The van der Waals surface area contributed by atoms with Crippen LogP contribution in [-0.2, 0) is 30.9 Å². The molecule has 0 radical (unpaired) electrons. The SMILES string of the molecule is CCCS(=O)(=O)N1CCC(CNC(=O)c2ccc(Cl)cc2Cl)(c2ncccc2O)CC1.CCCS(=O)(=O)N1CCC(CNC(=O)c2ccc(Cl)cc2Cl)(c2ncccc2OC)CC1.[Na+].[OH-]. The number of nitrogens with zero attached hydrogens (tertiary/aromatic N) is 4. The van der Waals surface area contributed by atoms with E-state index in [4.69, 9.17) is 51.1 Å². The number of pyridine rings is 2. The molecule has 0 atom stereocenters. The molecule has 0 unspecified atom stereocenters. The maximum atomic E-state index is 12.9. The summed E-state index contributed by atoms with van der Waals surface area (Å²) in [5.74, 6) is 0.140. The van der Waals surface area contributed by atoms with E-state index in [1.165, 1.54) is 20.7 Å². The van der Waals surface area contributed by atoms with Crippen LogP contribution < -0.4 is 44.9 Å². The molecule has 2 saturated heterocycles. The Balaban J connectivity index is 0.000000335. The van der Waals surface area contributed by atoms with E-state index >= 15 is 0 Å². The number of hydrogen-bond acceptors (Lipinski definition) is 11. The topological polar surface area (TPSA) is 218 Å². The van der Waals surface area contributed by atoms with Gasteiger partial charge < -0.3 is 26.0 Å². The Morgan fingerprint density at radius 3 is 1.48 bits per heavy atom. The first-order chi connectivity index (χ1) is 29.9. The zero-order valence-corrected chi connectivity index (χ0v) is 43.4. The molecule has 15 nitrogen and oxygen atoms in total. The Morgan fingerprint density at radius 2 is 1.09 bits per heavy atom. The molecule has 2 fully saturated rings. The van der Waals surface area contributed by atoms with E-state index in [0.717, 1.165) is 0 Å². The normalized spacial score (nSPS) is 16.1. The largest absolute Gasteiger partial charge is 1.00 e. The summed E-state index contributed by atoms with van der Waals surface area (Å²) in [6.07, 6.45) is 6.19. The van der Waals surface area contributed by atoms with E-state index in [9.17, 15) is 31.5 Å². The third-order valence-corrected chi connectivity index (χ3v) is 16.6. The van der Waals surface area contributed by atoms with Crippen LogP contribution in [0.3, 0.4) is 0 Å². The second kappa shape index (κ2) is 25.0. The van der Waals surface area contributed by atoms with Crippen LogP contribution >= 0.6 is 46.4 Å². The predicted molar refractivity (Wildman–Crippen MR) is 249 cm³/mol. The average Bonchev–Trinajstić information content (AvgIpc) is 3.25. The quantitative estimate of drug-likeness (QED) is 0.143. The minimum Gasteiger partial charge on any atom is -0.870 e. The van der Waals surface area contributed by atoms with Crippen LogP contribution in [0.25, 0.3) is 0 Å². The fourth-order valence-corrected chi connectivity index (χ4v) is 12.0. The zero-order valence-electron chi connectivity index (χ0n) is 36.7. The first kappa shape index (κ1) is 56.5. The molecule has 2 aliphatic rings. The van der Waals surface area contributed by atoms with Crippen molar-refractivity contribution in [3.05, 3.63) is 116 Å². The summed E-state index contributed by atoms with van der Waals surface area (Å²) in [6, 6.07) is 16.1. The van der Waals surface area contributed by atoms with Crippen molar-refractivity contribution in [1.29, 1.82) is 0 Å². The number of amides is 2. The number of hydrogen-bond donors (Lipinski definition) is 3. The predicted octanol–water partition coefficient (Wildman–Crippen LogP) is 4.33. The van der Waals surface area contributed by atoms with Crippen molar-refractivity contribution in [3.63, 3.8) is 0 Å². The number of piperidine rings is 2. The van der Waals surface area contributed by atoms with Crippen molar-refractivity contribution in [2.75, 3.05) is 57.9 Å². The van der Waals surface area contributed by atoms with Crippen LogP contribution in [0, 0.1) is 0 Å². The fourth-order valence-electron chi connectivity index (χ4n) is 7.95. The Bertz CT molecular complexity index is 2480. The number of aromatic nitrogens is 2. The molecule has 4 aromatic rings. The van der Waals surface area contributed by atoms with E-state index in [1.807, 2.05) is 19.9 Å². The fraction of sp³-hybridized carbons (Fsp3) is 0.442. The number of carbonyl (C=O) groups is 2. The number of nitrogens with one attached hydrogen (secondary N) is 2. The molecule has 0 aliphatic carbocycles. The summed E-state index contributed by atoms with van der Waals surface area (Å²) in [7, 11) is -5.06. The molecule has 2 amide bonds. The number of carbonyl (C=O) groups excluding carboxylic acids is 2. The molecule has 350 valence electrons. The van der Waals surface area contributed by atoms with Gasteiger partial charge in [0.2, 0.25) is 20.0 Å². The van der Waals surface area contributed by atoms with Gasteiger partial charge in [-0.05, 0) is 99.2 Å². The van der Waals surface area contributed by atoms with E-state index < -0.39 is 30.9 Å². The second-order valence-electron chi connectivity index (χ2n) is 15.5. The van der Waals surface area contributed by atoms with E-state index in [-0.39, 0.29) is 106 Å². The van der Waals surface area contributed by atoms with Crippen molar-refractivity contribution < 1.29 is 71.3 Å². The van der Waals surface area contributed by atoms with Gasteiger partial charge in [-0.2, -0.15) is 0 Å². The molecule has 2 aromatic carbocycles. The zero-order chi connectivity index (χ0) is 46.0. The molecule has 22 heteroatoms. The Morgan fingerprint density at radius 1 is 0.692 bits per heavy atom. The van der Waals surface area contributed by atoms with Gasteiger partial charge in [0, 0.05) is 72.5 Å². The number of methoxy groups -OCH3 is 1. The first-order valence-corrected chi connectivity index (χ1v) is 25.2. The molecule has 4 heterocycles. The third kappa shape index (κ3) is 14.1. The van der Waals surface area contributed by atoms with E-state index in [2.05, 4.69) is 20.6 Å². The van der Waals surface area contributed by atoms with E-state index in [0.29, 0.717) is 84.4 Å². The minimum absolute atomic E-state index is 0. The molecule has 0 spiro atoms. The van der Waals surface area contributed by atoms with Crippen LogP contribution in [0.15, 0.2) is 73.1 Å². The number of aromatic hydroxyl groups is 1. The summed E-state index contributed by atoms with van der Waals surface area (Å²) in [5.41, 5.74) is 0.469. The molecule has 0 saturated carbocycles. The molecule has 65 heavy (non-hydrogen) atoms. The van der Waals surface area contributed by atoms with Gasteiger partial charge in [0.1, 0.15) is 11.5 Å². The Hall–Kier alpha value is -2.78. The molecule has 4 N–H and O–H groups in total. The number of halogens is 4. The van der Waals surface area contributed by atoms with Crippen LogP contribution in [-0.4, -0.2) is 116 Å². The van der Waals surface area contributed by atoms with Gasteiger partial charge in [0.25, 0.3) is 11.8 Å². The molecular weight excluding hydrogens is 973 g/mol. The van der Waals surface area contributed by atoms with Gasteiger partial charge in [-0.3, -0.25) is 19.6 Å². The standard InChI is InChI=1S/C22H27Cl2N3O4S.C21H25Cl2N3O4S.Na.H2O/c1-3-13-32(29,30)27-11-8-22(9-12-27,20-19(31-2)5-4-10-25-20)15-26-21(28)17-7-6-16(23)14-18(17)24;1-2-12-31(29,30)26-10-7-21(8-11-26,19-18(27)4-3-9-24-19)14-25-20(28)16-6-5-15(22)13-17(16)23;;/h4-7,10,14H,3,8-9,11-13,15H2,1-2H3,(H,26,28);3-6,9,13,27H,2,7-8,10-12,14H2,1H3,(H,25,28);;1H2/q;;+1;/p-1.